The summed E-state index contributed by atoms with van der Waals surface area (Å²) in [5.41, 5.74) is 14.8. The Balaban J connectivity index is 1.14. The third-order valence-electron chi connectivity index (χ3n) is 9.97. The zero-order chi connectivity index (χ0) is 33.0. The minimum absolute atomic E-state index is 0.885. The van der Waals surface area contributed by atoms with Crippen molar-refractivity contribution in [1.29, 1.82) is 0 Å². The largest absolute Gasteiger partial charge is 0.456 e. The molecule has 2 heterocycles. The molecule has 0 N–H and O–H groups in total. The second-order valence-electron chi connectivity index (χ2n) is 13.0. The Hall–Kier alpha value is -6.64. The van der Waals surface area contributed by atoms with E-state index in [1.807, 2.05) is 0 Å². The standard InChI is InChI=1S/C48H31NO/c1-4-12-32(13-5-1)35-20-23-46-42(29-35)41-18-10-11-19-45(41)49(46)40-22-25-48-44(31-40)43-30-36(21-24-47(43)50-48)39-27-37(33-14-6-2-7-15-33)26-38(28-39)34-16-8-3-9-17-34/h1-31H. The summed E-state index contributed by atoms with van der Waals surface area (Å²) >= 11 is 0. The molecule has 0 saturated heterocycles. The van der Waals surface area contributed by atoms with Gasteiger partial charge in [-0.15, -0.1) is 0 Å². The van der Waals surface area contributed by atoms with E-state index in [1.54, 1.807) is 0 Å². The summed E-state index contributed by atoms with van der Waals surface area (Å²) in [7, 11) is 0. The maximum Gasteiger partial charge on any atom is 0.135 e. The van der Waals surface area contributed by atoms with Crippen molar-refractivity contribution < 1.29 is 4.42 Å². The van der Waals surface area contributed by atoms with Crippen LogP contribution < -0.4 is 0 Å². The smallest absolute Gasteiger partial charge is 0.135 e. The summed E-state index contributed by atoms with van der Waals surface area (Å²) in [4.78, 5) is 0. The zero-order valence-electron chi connectivity index (χ0n) is 27.3. The lowest BCUT2D eigenvalue weighted by Gasteiger charge is -2.11. The molecular weight excluding hydrogens is 607 g/mol. The van der Waals surface area contributed by atoms with E-state index in [1.165, 1.54) is 60.8 Å². The maximum absolute atomic E-state index is 6.43. The molecule has 0 aliphatic rings. The van der Waals surface area contributed by atoms with E-state index in [0.717, 1.165) is 33.2 Å². The molecule has 10 aromatic rings. The molecule has 2 aromatic heterocycles. The second-order valence-corrected chi connectivity index (χ2v) is 13.0. The number of fused-ring (bicyclic) bond motifs is 6. The number of hydrogen-bond donors (Lipinski definition) is 0. The minimum atomic E-state index is 0.885. The van der Waals surface area contributed by atoms with Gasteiger partial charge in [0.05, 0.1) is 11.0 Å². The van der Waals surface area contributed by atoms with Gasteiger partial charge in [-0.25, -0.2) is 0 Å². The summed E-state index contributed by atoms with van der Waals surface area (Å²) in [6.07, 6.45) is 0. The molecular formula is C48H31NO. The number of rotatable bonds is 5. The fraction of sp³-hybridized carbons (Fsp3) is 0. The van der Waals surface area contributed by atoms with Crippen LogP contribution in [-0.2, 0) is 0 Å². The fourth-order valence-electron chi connectivity index (χ4n) is 7.53. The van der Waals surface area contributed by atoms with Crippen LogP contribution in [0.15, 0.2) is 192 Å². The Kier molecular flexibility index (Phi) is 6.53. The average molecular weight is 638 g/mol. The normalized spacial score (nSPS) is 11.6. The highest BCUT2D eigenvalue weighted by atomic mass is 16.3. The van der Waals surface area contributed by atoms with Gasteiger partial charge in [-0.2, -0.15) is 0 Å². The van der Waals surface area contributed by atoms with Crippen molar-refractivity contribution in [3.05, 3.63) is 188 Å². The van der Waals surface area contributed by atoms with Crippen LogP contribution in [0.4, 0.5) is 0 Å². The summed E-state index contributed by atoms with van der Waals surface area (Å²) in [6.45, 7) is 0. The summed E-state index contributed by atoms with van der Waals surface area (Å²) in [5, 5.41) is 4.70. The third kappa shape index (κ3) is 4.73. The van der Waals surface area contributed by atoms with Crippen molar-refractivity contribution >= 4 is 43.7 Å². The first kappa shape index (κ1) is 28.4. The van der Waals surface area contributed by atoms with Gasteiger partial charge in [0.2, 0.25) is 0 Å². The molecule has 0 saturated carbocycles. The van der Waals surface area contributed by atoms with E-state index in [9.17, 15) is 0 Å². The number of benzene rings is 8. The highest BCUT2D eigenvalue weighted by molar-refractivity contribution is 6.12. The van der Waals surface area contributed by atoms with Crippen LogP contribution in [-0.4, -0.2) is 4.57 Å². The van der Waals surface area contributed by atoms with Crippen molar-refractivity contribution in [3.63, 3.8) is 0 Å². The van der Waals surface area contributed by atoms with Crippen LogP contribution in [0.1, 0.15) is 0 Å². The quantitative estimate of drug-likeness (QED) is 0.184. The van der Waals surface area contributed by atoms with E-state index in [0.29, 0.717) is 0 Å². The Bertz CT molecular complexity index is 2790. The maximum atomic E-state index is 6.43. The van der Waals surface area contributed by atoms with Crippen molar-refractivity contribution in [1.82, 2.24) is 4.57 Å². The van der Waals surface area contributed by atoms with Crippen LogP contribution in [0, 0.1) is 0 Å². The number of para-hydroxylation sites is 1. The predicted molar refractivity (Wildman–Crippen MR) is 210 cm³/mol. The molecule has 0 bridgehead atoms. The highest BCUT2D eigenvalue weighted by Crippen LogP contribution is 2.39. The fourth-order valence-corrected chi connectivity index (χ4v) is 7.53. The lowest BCUT2D eigenvalue weighted by atomic mass is 9.93. The Morgan fingerprint density at radius 2 is 0.740 bits per heavy atom. The van der Waals surface area contributed by atoms with Gasteiger partial charge >= 0.3 is 0 Å². The Morgan fingerprint density at radius 3 is 1.40 bits per heavy atom. The van der Waals surface area contributed by atoms with Crippen molar-refractivity contribution in [2.45, 2.75) is 0 Å². The van der Waals surface area contributed by atoms with Gasteiger partial charge in [-0.3, -0.25) is 0 Å². The molecule has 50 heavy (non-hydrogen) atoms. The van der Waals surface area contributed by atoms with E-state index in [2.05, 4.69) is 193 Å². The first-order valence-corrected chi connectivity index (χ1v) is 17.1. The summed E-state index contributed by atoms with van der Waals surface area (Å²) in [6, 6.07) is 67.5. The molecule has 2 nitrogen and oxygen atoms in total. The molecule has 8 aromatic carbocycles. The average Bonchev–Trinajstić information content (AvgIpc) is 3.73. The zero-order valence-corrected chi connectivity index (χ0v) is 27.3. The summed E-state index contributed by atoms with van der Waals surface area (Å²) in [5.74, 6) is 0. The van der Waals surface area contributed by atoms with Crippen LogP contribution in [0.2, 0.25) is 0 Å². The van der Waals surface area contributed by atoms with E-state index < -0.39 is 0 Å². The lowest BCUT2D eigenvalue weighted by Crippen LogP contribution is -1.93. The minimum Gasteiger partial charge on any atom is -0.456 e. The van der Waals surface area contributed by atoms with E-state index >= 15 is 0 Å². The Labute approximate surface area is 290 Å². The molecule has 10 rings (SSSR count). The molecule has 0 amide bonds. The molecule has 0 aliphatic heterocycles. The monoisotopic (exact) mass is 637 g/mol. The molecule has 0 spiro atoms. The molecule has 0 radical (unpaired) electrons. The van der Waals surface area contributed by atoms with E-state index in [-0.39, 0.29) is 0 Å². The van der Waals surface area contributed by atoms with Crippen molar-refractivity contribution in [2.24, 2.45) is 0 Å². The van der Waals surface area contributed by atoms with Crippen LogP contribution in [0.3, 0.4) is 0 Å². The van der Waals surface area contributed by atoms with Crippen molar-refractivity contribution in [2.75, 3.05) is 0 Å². The topological polar surface area (TPSA) is 18.1 Å². The van der Waals surface area contributed by atoms with Crippen molar-refractivity contribution in [3.8, 4) is 50.2 Å². The SMILES string of the molecule is c1ccc(-c2cc(-c3ccccc3)cc(-c3ccc4oc5ccc(-n6c7ccccc7c7cc(-c8ccccc8)ccc76)cc5c4c3)c2)cc1. The van der Waals surface area contributed by atoms with Gasteiger partial charge in [0.15, 0.2) is 0 Å². The van der Waals surface area contributed by atoms with Gasteiger partial charge in [-0.1, -0.05) is 121 Å². The Morgan fingerprint density at radius 1 is 0.280 bits per heavy atom. The van der Waals surface area contributed by atoms with Crippen LogP contribution in [0.5, 0.6) is 0 Å². The molecule has 2 heteroatoms. The molecule has 0 fully saturated rings. The number of nitrogens with zero attached hydrogens (tertiary/aromatic N) is 1. The lowest BCUT2D eigenvalue weighted by molar-refractivity contribution is 0.669. The van der Waals surface area contributed by atoms with Crippen LogP contribution >= 0.6 is 0 Å². The number of hydrogen-bond acceptors (Lipinski definition) is 1. The van der Waals surface area contributed by atoms with Gasteiger partial charge in [0.25, 0.3) is 0 Å². The number of furan rings is 1. The third-order valence-corrected chi connectivity index (χ3v) is 9.97. The van der Waals surface area contributed by atoms with Crippen LogP contribution in [0.25, 0.3) is 93.9 Å². The van der Waals surface area contributed by atoms with Gasteiger partial charge < -0.3 is 8.98 Å². The second kappa shape index (κ2) is 11.5. The van der Waals surface area contributed by atoms with Gasteiger partial charge in [-0.05, 0) is 111 Å². The van der Waals surface area contributed by atoms with E-state index in [4.69, 9.17) is 4.42 Å². The first-order valence-electron chi connectivity index (χ1n) is 17.1. The number of aromatic nitrogens is 1. The van der Waals surface area contributed by atoms with Gasteiger partial charge in [0.1, 0.15) is 11.2 Å². The highest BCUT2D eigenvalue weighted by Gasteiger charge is 2.16. The van der Waals surface area contributed by atoms with Gasteiger partial charge in [0, 0.05) is 27.2 Å². The molecule has 234 valence electrons. The molecule has 0 atom stereocenters. The molecule has 0 aliphatic carbocycles. The predicted octanol–water partition coefficient (Wildman–Crippen LogP) is 13.4. The molecule has 0 unspecified atom stereocenters. The first-order chi connectivity index (χ1) is 24.8. The summed E-state index contributed by atoms with van der Waals surface area (Å²) < 4.78 is 8.82.